The second-order valence-corrected chi connectivity index (χ2v) is 4.83. The zero-order valence-electron chi connectivity index (χ0n) is 10.5. The van der Waals surface area contributed by atoms with Gasteiger partial charge in [-0.15, -0.1) is 0 Å². The van der Waals surface area contributed by atoms with Crippen LogP contribution in [0, 0.1) is 0 Å². The van der Waals surface area contributed by atoms with Gasteiger partial charge in [-0.2, -0.15) is 5.10 Å². The van der Waals surface area contributed by atoms with Crippen molar-refractivity contribution in [2.45, 2.75) is 31.7 Å². The van der Waals surface area contributed by atoms with E-state index in [-0.39, 0.29) is 0 Å². The first-order valence-corrected chi connectivity index (χ1v) is 6.65. The molecule has 18 heavy (non-hydrogen) atoms. The average Bonchev–Trinajstić information content (AvgIpc) is 2.88. The van der Waals surface area contributed by atoms with Gasteiger partial charge in [0.2, 0.25) is 0 Å². The molecule has 1 unspecified atom stereocenters. The minimum Gasteiger partial charge on any atom is -0.352 e. The number of hydrogen-bond acceptors (Lipinski definition) is 4. The predicted octanol–water partition coefficient (Wildman–Crippen LogP) is 1.44. The summed E-state index contributed by atoms with van der Waals surface area (Å²) >= 11 is 0. The molecule has 2 aromatic heterocycles. The molecule has 2 N–H and O–H groups in total. The third-order valence-electron chi connectivity index (χ3n) is 3.70. The topological polar surface area (TPSA) is 59.5 Å². The predicted molar refractivity (Wildman–Crippen MR) is 71.6 cm³/mol. The maximum atomic E-state index is 5.73. The molecule has 0 aliphatic carbocycles. The molecule has 0 spiro atoms. The van der Waals surface area contributed by atoms with E-state index in [1.807, 2.05) is 29.2 Å². The lowest BCUT2D eigenvalue weighted by Gasteiger charge is -2.36. The van der Waals surface area contributed by atoms with Crippen LogP contribution in [0.5, 0.6) is 0 Å². The molecule has 0 aromatic carbocycles. The Labute approximate surface area is 107 Å². The fraction of sp³-hybridized carbons (Fsp3) is 0.538. The molecule has 0 amide bonds. The third kappa shape index (κ3) is 1.95. The lowest BCUT2D eigenvalue weighted by molar-refractivity contribution is 0.439. The van der Waals surface area contributed by atoms with Crippen molar-refractivity contribution >= 4 is 11.3 Å². The van der Waals surface area contributed by atoms with Gasteiger partial charge in [0.15, 0.2) is 5.82 Å². The zero-order valence-corrected chi connectivity index (χ0v) is 10.5. The van der Waals surface area contributed by atoms with E-state index in [9.17, 15) is 0 Å². The van der Waals surface area contributed by atoms with Crippen molar-refractivity contribution in [1.29, 1.82) is 0 Å². The molecule has 1 saturated heterocycles. The first kappa shape index (κ1) is 11.5. The highest BCUT2D eigenvalue weighted by Gasteiger charge is 2.24. The first-order valence-electron chi connectivity index (χ1n) is 6.65. The summed E-state index contributed by atoms with van der Waals surface area (Å²) in [6.45, 7) is 1.81. The lowest BCUT2D eigenvalue weighted by Crippen LogP contribution is -2.41. The normalized spacial score (nSPS) is 20.5. The number of nitrogens with zero attached hydrogens (tertiary/aromatic N) is 4. The summed E-state index contributed by atoms with van der Waals surface area (Å²) in [4.78, 5) is 6.97. The van der Waals surface area contributed by atoms with Gasteiger partial charge in [0, 0.05) is 25.0 Å². The molecular formula is C13H19N5. The molecule has 0 bridgehead atoms. The van der Waals surface area contributed by atoms with Crippen LogP contribution in [0.15, 0.2) is 24.7 Å². The highest BCUT2D eigenvalue weighted by Crippen LogP contribution is 2.27. The van der Waals surface area contributed by atoms with Gasteiger partial charge in [-0.3, -0.25) is 0 Å². The van der Waals surface area contributed by atoms with Crippen molar-refractivity contribution in [3.05, 3.63) is 24.7 Å². The fourth-order valence-corrected chi connectivity index (χ4v) is 2.84. The Morgan fingerprint density at radius 1 is 1.33 bits per heavy atom. The van der Waals surface area contributed by atoms with E-state index in [0.29, 0.717) is 6.04 Å². The van der Waals surface area contributed by atoms with Gasteiger partial charge >= 0.3 is 0 Å². The van der Waals surface area contributed by atoms with E-state index >= 15 is 0 Å². The van der Waals surface area contributed by atoms with Crippen molar-refractivity contribution in [3.63, 3.8) is 0 Å². The molecule has 5 nitrogen and oxygen atoms in total. The van der Waals surface area contributed by atoms with Crippen LogP contribution >= 0.6 is 0 Å². The number of fused-ring (bicyclic) bond motifs is 1. The molecule has 3 rings (SSSR count). The standard InChI is InChI=1S/C13H19N5/c14-6-4-11-3-1-2-9-17(11)13-12-5-7-16-18(12)10-8-15-13/h5,7-8,10-11H,1-4,6,9,14H2. The number of piperidine rings is 1. The molecule has 96 valence electrons. The molecule has 3 heterocycles. The van der Waals surface area contributed by atoms with Crippen molar-refractivity contribution in [2.75, 3.05) is 18.0 Å². The summed E-state index contributed by atoms with van der Waals surface area (Å²) in [6.07, 6.45) is 10.3. The van der Waals surface area contributed by atoms with Crippen LogP contribution in [0.4, 0.5) is 5.82 Å². The number of aromatic nitrogens is 3. The van der Waals surface area contributed by atoms with Crippen LogP contribution < -0.4 is 10.6 Å². The van der Waals surface area contributed by atoms with Crippen LogP contribution in [0.25, 0.3) is 5.52 Å². The van der Waals surface area contributed by atoms with Crippen LogP contribution in [0.1, 0.15) is 25.7 Å². The second-order valence-electron chi connectivity index (χ2n) is 4.83. The van der Waals surface area contributed by atoms with E-state index in [4.69, 9.17) is 5.73 Å². The molecule has 5 heteroatoms. The van der Waals surface area contributed by atoms with Crippen molar-refractivity contribution < 1.29 is 0 Å². The number of rotatable bonds is 3. The monoisotopic (exact) mass is 245 g/mol. The molecule has 1 aliphatic heterocycles. The summed E-state index contributed by atoms with van der Waals surface area (Å²) in [5.41, 5.74) is 6.81. The van der Waals surface area contributed by atoms with Gasteiger partial charge in [-0.1, -0.05) is 0 Å². The highest BCUT2D eigenvalue weighted by molar-refractivity contribution is 5.68. The Kier molecular flexibility index (Phi) is 3.15. The Bertz CT molecular complexity index is 519. The van der Waals surface area contributed by atoms with Gasteiger partial charge in [-0.25, -0.2) is 9.50 Å². The molecule has 0 saturated carbocycles. The number of anilines is 1. The molecular weight excluding hydrogens is 226 g/mol. The Morgan fingerprint density at radius 2 is 2.28 bits per heavy atom. The maximum Gasteiger partial charge on any atom is 0.154 e. The van der Waals surface area contributed by atoms with E-state index in [1.165, 1.54) is 19.3 Å². The summed E-state index contributed by atoms with van der Waals surface area (Å²) in [5.74, 6) is 1.05. The SMILES string of the molecule is NCCC1CCCCN1c1nccn2nccc12. The minimum atomic E-state index is 0.525. The highest BCUT2D eigenvalue weighted by atomic mass is 15.3. The third-order valence-corrected chi connectivity index (χ3v) is 3.70. The molecule has 0 radical (unpaired) electrons. The van der Waals surface area contributed by atoms with Crippen LogP contribution in [0.3, 0.4) is 0 Å². The smallest absolute Gasteiger partial charge is 0.154 e. The van der Waals surface area contributed by atoms with Crippen LogP contribution in [0.2, 0.25) is 0 Å². The molecule has 1 aliphatic rings. The van der Waals surface area contributed by atoms with Gasteiger partial charge in [0.05, 0.1) is 6.20 Å². The number of nitrogens with two attached hydrogens (primary N) is 1. The van der Waals surface area contributed by atoms with Crippen molar-refractivity contribution in [1.82, 2.24) is 14.6 Å². The average molecular weight is 245 g/mol. The number of hydrogen-bond donors (Lipinski definition) is 1. The Hall–Kier alpha value is -1.62. The summed E-state index contributed by atoms with van der Waals surface area (Å²) < 4.78 is 1.89. The van der Waals surface area contributed by atoms with E-state index < -0.39 is 0 Å². The van der Waals surface area contributed by atoms with E-state index in [2.05, 4.69) is 15.0 Å². The summed E-state index contributed by atoms with van der Waals surface area (Å²) in [5, 5.41) is 4.27. The van der Waals surface area contributed by atoms with Gasteiger partial charge in [-0.05, 0) is 38.3 Å². The summed E-state index contributed by atoms with van der Waals surface area (Å²) in [7, 11) is 0. The largest absolute Gasteiger partial charge is 0.352 e. The molecule has 1 fully saturated rings. The Balaban J connectivity index is 1.98. The maximum absolute atomic E-state index is 5.73. The van der Waals surface area contributed by atoms with Gasteiger partial charge < -0.3 is 10.6 Å². The van der Waals surface area contributed by atoms with Gasteiger partial charge in [0.1, 0.15) is 5.52 Å². The van der Waals surface area contributed by atoms with Crippen molar-refractivity contribution in [3.8, 4) is 0 Å². The zero-order chi connectivity index (χ0) is 12.4. The van der Waals surface area contributed by atoms with E-state index in [1.54, 1.807) is 0 Å². The van der Waals surface area contributed by atoms with Crippen LogP contribution in [-0.2, 0) is 0 Å². The second kappa shape index (κ2) is 4.94. The van der Waals surface area contributed by atoms with Crippen molar-refractivity contribution in [2.24, 2.45) is 5.73 Å². The summed E-state index contributed by atoms with van der Waals surface area (Å²) in [6, 6.07) is 2.55. The lowest BCUT2D eigenvalue weighted by atomic mass is 9.99. The minimum absolute atomic E-state index is 0.525. The quantitative estimate of drug-likeness (QED) is 0.889. The molecule has 2 aromatic rings. The first-order chi connectivity index (χ1) is 8.90. The van der Waals surface area contributed by atoms with E-state index in [0.717, 1.165) is 30.8 Å². The van der Waals surface area contributed by atoms with Crippen LogP contribution in [-0.4, -0.2) is 33.7 Å². The fourth-order valence-electron chi connectivity index (χ4n) is 2.84. The van der Waals surface area contributed by atoms with Gasteiger partial charge in [0.25, 0.3) is 0 Å². The molecule has 1 atom stereocenters. The Morgan fingerprint density at radius 3 is 3.17 bits per heavy atom.